The Bertz CT molecular complexity index is 106. The Morgan fingerprint density at radius 2 is 2.40 bits per heavy atom. The third-order valence-corrected chi connectivity index (χ3v) is 1.60. The summed E-state index contributed by atoms with van der Waals surface area (Å²) in [7, 11) is 0. The number of hydrogen-bond donors (Lipinski definition) is 2. The van der Waals surface area contributed by atoms with Crippen molar-refractivity contribution in [2.75, 3.05) is 18.6 Å². The smallest absolute Gasteiger partial charge is 0.248 e. The first-order valence-electron chi connectivity index (χ1n) is 3.13. The maximum absolute atomic E-state index is 10.6. The van der Waals surface area contributed by atoms with Crippen LogP contribution in [0.25, 0.3) is 0 Å². The summed E-state index contributed by atoms with van der Waals surface area (Å²) in [4.78, 5) is 10.6. The molecule has 0 aromatic carbocycles. The van der Waals surface area contributed by atoms with E-state index in [2.05, 4.69) is 5.32 Å². The second-order valence-corrected chi connectivity index (χ2v) is 2.95. The van der Waals surface area contributed by atoms with Gasteiger partial charge < -0.3 is 10.4 Å². The second kappa shape index (κ2) is 5.56. The Kier molecular flexibility index (Phi) is 5.43. The third-order valence-electron chi connectivity index (χ3n) is 0.985. The van der Waals surface area contributed by atoms with Crippen molar-refractivity contribution in [3.05, 3.63) is 0 Å². The minimum absolute atomic E-state index is 0.297. The van der Waals surface area contributed by atoms with Crippen LogP contribution >= 0.6 is 11.8 Å². The highest BCUT2D eigenvalue weighted by molar-refractivity contribution is 7.98. The van der Waals surface area contributed by atoms with Gasteiger partial charge in [-0.2, -0.15) is 11.8 Å². The maximum Gasteiger partial charge on any atom is 0.248 e. The molecule has 0 saturated carbocycles. The van der Waals surface area contributed by atoms with Crippen LogP contribution in [0.2, 0.25) is 0 Å². The largest absolute Gasteiger partial charge is 0.384 e. The average Bonchev–Trinajstić information content (AvgIpc) is 1.88. The summed E-state index contributed by atoms with van der Waals surface area (Å²) in [5.74, 6) is 0.590. The molecular weight excluding hydrogens is 150 g/mol. The van der Waals surface area contributed by atoms with E-state index in [1.54, 1.807) is 11.8 Å². The molecule has 0 aromatic rings. The monoisotopic (exact) mass is 163 g/mol. The zero-order valence-electron chi connectivity index (χ0n) is 6.26. The Morgan fingerprint density at radius 1 is 1.80 bits per heavy atom. The van der Waals surface area contributed by atoms with Crippen molar-refractivity contribution in [2.24, 2.45) is 0 Å². The fourth-order valence-electron chi connectivity index (χ4n) is 0.424. The summed E-state index contributed by atoms with van der Waals surface area (Å²) in [5, 5.41) is 11.3. The molecule has 0 aliphatic heterocycles. The minimum atomic E-state index is -0.887. The number of aliphatic hydroxyl groups excluding tert-OH is 1. The van der Waals surface area contributed by atoms with Crippen LogP contribution in [0.3, 0.4) is 0 Å². The Hall–Kier alpha value is -0.220. The van der Waals surface area contributed by atoms with Gasteiger partial charge in [-0.15, -0.1) is 0 Å². The van der Waals surface area contributed by atoms with Crippen LogP contribution in [0.15, 0.2) is 0 Å². The van der Waals surface area contributed by atoms with Gasteiger partial charge in [-0.1, -0.05) is 0 Å². The molecule has 4 heteroatoms. The first-order chi connectivity index (χ1) is 4.68. The Labute approximate surface area is 65.2 Å². The number of aliphatic hydroxyl groups is 1. The van der Waals surface area contributed by atoms with Crippen molar-refractivity contribution >= 4 is 17.7 Å². The van der Waals surface area contributed by atoms with Gasteiger partial charge in [0.1, 0.15) is 6.10 Å². The van der Waals surface area contributed by atoms with Crippen LogP contribution in [0.5, 0.6) is 0 Å². The average molecular weight is 163 g/mol. The van der Waals surface area contributed by atoms with Crippen LogP contribution in [0.4, 0.5) is 0 Å². The number of thioether (sulfide) groups is 1. The lowest BCUT2D eigenvalue weighted by molar-refractivity contribution is -0.128. The first kappa shape index (κ1) is 9.78. The lowest BCUT2D eigenvalue weighted by Crippen LogP contribution is -2.33. The molecular formula is C6H13NO2S. The summed E-state index contributed by atoms with van der Waals surface area (Å²) in [5.41, 5.74) is 0. The van der Waals surface area contributed by atoms with Crippen LogP contribution in [-0.4, -0.2) is 35.7 Å². The van der Waals surface area contributed by atoms with Crippen LogP contribution in [0, 0.1) is 0 Å². The summed E-state index contributed by atoms with van der Waals surface area (Å²) < 4.78 is 0. The van der Waals surface area contributed by atoms with Gasteiger partial charge >= 0.3 is 0 Å². The lowest BCUT2D eigenvalue weighted by Gasteiger charge is -2.04. The van der Waals surface area contributed by atoms with Gasteiger partial charge in [-0.05, 0) is 13.2 Å². The van der Waals surface area contributed by atoms with E-state index in [0.29, 0.717) is 6.54 Å². The van der Waals surface area contributed by atoms with E-state index in [4.69, 9.17) is 5.11 Å². The molecule has 0 rings (SSSR count). The van der Waals surface area contributed by atoms with E-state index < -0.39 is 6.10 Å². The second-order valence-electron chi connectivity index (χ2n) is 1.96. The zero-order chi connectivity index (χ0) is 7.98. The van der Waals surface area contributed by atoms with Gasteiger partial charge in [-0.3, -0.25) is 4.79 Å². The van der Waals surface area contributed by atoms with Gasteiger partial charge in [0.15, 0.2) is 0 Å². The fraction of sp³-hybridized carbons (Fsp3) is 0.833. The molecule has 1 atom stereocenters. The number of hydrogen-bond acceptors (Lipinski definition) is 3. The van der Waals surface area contributed by atoms with E-state index >= 15 is 0 Å². The first-order valence-corrected chi connectivity index (χ1v) is 4.52. The minimum Gasteiger partial charge on any atom is -0.384 e. The number of carbonyl (C=O) groups excluding carboxylic acids is 1. The highest BCUT2D eigenvalue weighted by atomic mass is 32.2. The quantitative estimate of drug-likeness (QED) is 0.566. The van der Waals surface area contributed by atoms with Crippen molar-refractivity contribution in [2.45, 2.75) is 13.0 Å². The van der Waals surface area contributed by atoms with Gasteiger partial charge in [0.25, 0.3) is 0 Å². The number of carbonyl (C=O) groups is 1. The number of amides is 1. The van der Waals surface area contributed by atoms with E-state index in [-0.39, 0.29) is 5.91 Å². The molecule has 0 fully saturated rings. The van der Waals surface area contributed by atoms with Gasteiger partial charge in [0.2, 0.25) is 5.91 Å². The highest BCUT2D eigenvalue weighted by Crippen LogP contribution is 1.87. The Morgan fingerprint density at radius 3 is 2.80 bits per heavy atom. The molecule has 0 aliphatic rings. The van der Waals surface area contributed by atoms with Gasteiger partial charge in [0.05, 0.1) is 0 Å². The summed E-state index contributed by atoms with van der Waals surface area (Å²) in [6.07, 6.45) is 1.08. The molecule has 60 valence electrons. The summed E-state index contributed by atoms with van der Waals surface area (Å²) >= 11 is 1.66. The molecule has 0 aromatic heterocycles. The predicted molar refractivity (Wildman–Crippen MR) is 43.1 cm³/mol. The van der Waals surface area contributed by atoms with Crippen molar-refractivity contribution < 1.29 is 9.90 Å². The highest BCUT2D eigenvalue weighted by Gasteiger charge is 2.05. The molecule has 0 spiro atoms. The SMILES string of the molecule is CSCCNC(=O)[C@@H](C)O. The standard InChI is InChI=1S/C6H13NO2S/c1-5(8)6(9)7-3-4-10-2/h5,8H,3-4H2,1-2H3,(H,7,9)/t5-/m1/s1. The topological polar surface area (TPSA) is 49.3 Å². The molecule has 2 N–H and O–H groups in total. The predicted octanol–water partition coefficient (Wildman–Crippen LogP) is -0.154. The molecule has 3 nitrogen and oxygen atoms in total. The van der Waals surface area contributed by atoms with E-state index in [1.807, 2.05) is 6.26 Å². The normalized spacial score (nSPS) is 12.7. The Balaban J connectivity index is 3.22. The molecule has 0 saturated heterocycles. The zero-order valence-corrected chi connectivity index (χ0v) is 7.07. The van der Waals surface area contributed by atoms with Crippen LogP contribution < -0.4 is 5.32 Å². The molecule has 10 heavy (non-hydrogen) atoms. The molecule has 1 amide bonds. The summed E-state index contributed by atoms with van der Waals surface area (Å²) in [6.45, 7) is 2.08. The number of nitrogens with one attached hydrogen (secondary N) is 1. The van der Waals surface area contributed by atoms with Gasteiger partial charge in [-0.25, -0.2) is 0 Å². The van der Waals surface area contributed by atoms with E-state index in [1.165, 1.54) is 6.92 Å². The van der Waals surface area contributed by atoms with Crippen molar-refractivity contribution in [1.82, 2.24) is 5.32 Å². The van der Waals surface area contributed by atoms with Crippen LogP contribution in [-0.2, 0) is 4.79 Å². The van der Waals surface area contributed by atoms with Crippen molar-refractivity contribution in [1.29, 1.82) is 0 Å². The maximum atomic E-state index is 10.6. The van der Waals surface area contributed by atoms with E-state index in [9.17, 15) is 4.79 Å². The number of rotatable bonds is 4. The molecule has 0 unspecified atom stereocenters. The molecule has 0 aliphatic carbocycles. The lowest BCUT2D eigenvalue weighted by atomic mass is 10.4. The van der Waals surface area contributed by atoms with Crippen molar-refractivity contribution in [3.8, 4) is 0 Å². The van der Waals surface area contributed by atoms with Crippen molar-refractivity contribution in [3.63, 3.8) is 0 Å². The summed E-state index contributed by atoms with van der Waals surface area (Å²) in [6, 6.07) is 0. The molecule has 0 heterocycles. The fourth-order valence-corrected chi connectivity index (χ4v) is 0.730. The van der Waals surface area contributed by atoms with Gasteiger partial charge in [0, 0.05) is 12.3 Å². The molecule has 0 radical (unpaired) electrons. The van der Waals surface area contributed by atoms with Crippen LogP contribution in [0.1, 0.15) is 6.92 Å². The molecule has 0 bridgehead atoms. The third kappa shape index (κ3) is 4.64. The van der Waals surface area contributed by atoms with E-state index in [0.717, 1.165) is 5.75 Å².